The Morgan fingerprint density at radius 1 is 0.878 bits per heavy atom. The summed E-state index contributed by atoms with van der Waals surface area (Å²) < 4.78 is 29.0. The molecule has 1 aliphatic carbocycles. The Morgan fingerprint density at radius 3 is 2.37 bits per heavy atom. The molecule has 0 amide bonds. The molecule has 0 spiro atoms. The molecule has 220 valence electrons. The van der Waals surface area contributed by atoms with Crippen LogP contribution in [0.5, 0.6) is 23.0 Å². The standard InChI is InChI=1S/C32H38O9/c1-37-29-12-20(8-9-26(29)34)31-24-14-30(38-2)27(35)11-21(24)10-22(16-39-15-19-6-4-3-5-7-19)25(31)18-41-32-28(36)13-23(33)17-40-32/h3-9,11-12,14,22-23,25,28,31-36H,10,13,15-18H2,1-2H3/t22?,23-,25?,28+,31?,32-/m0/s1. The van der Waals surface area contributed by atoms with Gasteiger partial charge < -0.3 is 44.1 Å². The smallest absolute Gasteiger partial charge is 0.183 e. The van der Waals surface area contributed by atoms with Crippen LogP contribution in [0, 0.1) is 11.8 Å². The van der Waals surface area contributed by atoms with E-state index in [0.717, 1.165) is 22.3 Å². The van der Waals surface area contributed by atoms with E-state index in [9.17, 15) is 20.4 Å². The van der Waals surface area contributed by atoms with Gasteiger partial charge in [0.1, 0.15) is 6.10 Å². The highest BCUT2D eigenvalue weighted by Gasteiger charge is 2.40. The number of aliphatic hydroxyl groups excluding tert-OH is 2. The predicted octanol–water partition coefficient (Wildman–Crippen LogP) is 3.74. The third-order valence-electron chi connectivity index (χ3n) is 8.03. The van der Waals surface area contributed by atoms with Crippen LogP contribution in [0.4, 0.5) is 0 Å². The van der Waals surface area contributed by atoms with Crippen LogP contribution in [0.15, 0.2) is 60.7 Å². The number of rotatable bonds is 10. The van der Waals surface area contributed by atoms with Crippen molar-refractivity contribution >= 4 is 0 Å². The Balaban J connectivity index is 1.51. The summed E-state index contributed by atoms with van der Waals surface area (Å²) >= 11 is 0. The second-order valence-electron chi connectivity index (χ2n) is 10.8. The number of hydrogen-bond acceptors (Lipinski definition) is 9. The second-order valence-corrected chi connectivity index (χ2v) is 10.8. The first-order valence-corrected chi connectivity index (χ1v) is 13.9. The maximum Gasteiger partial charge on any atom is 0.183 e. The Bertz CT molecular complexity index is 1300. The normalized spacial score (nSPS) is 25.9. The number of benzene rings is 3. The molecule has 6 atom stereocenters. The zero-order valence-electron chi connectivity index (χ0n) is 23.3. The molecule has 3 aromatic rings. The van der Waals surface area contributed by atoms with Gasteiger partial charge in [0.15, 0.2) is 29.3 Å². The Kier molecular flexibility index (Phi) is 9.32. The molecule has 41 heavy (non-hydrogen) atoms. The van der Waals surface area contributed by atoms with Crippen LogP contribution in [-0.4, -0.2) is 73.0 Å². The highest BCUT2D eigenvalue weighted by Crippen LogP contribution is 2.48. The molecule has 0 aromatic heterocycles. The molecule has 5 rings (SSSR count). The third kappa shape index (κ3) is 6.60. The molecule has 0 saturated carbocycles. The Labute approximate surface area is 239 Å². The number of methoxy groups -OCH3 is 2. The van der Waals surface area contributed by atoms with E-state index in [1.807, 2.05) is 48.5 Å². The van der Waals surface area contributed by atoms with Crippen molar-refractivity contribution in [3.8, 4) is 23.0 Å². The molecule has 1 heterocycles. The minimum absolute atomic E-state index is 0.0309. The van der Waals surface area contributed by atoms with Crippen LogP contribution in [0.25, 0.3) is 0 Å². The molecule has 9 nitrogen and oxygen atoms in total. The lowest BCUT2D eigenvalue weighted by molar-refractivity contribution is -0.241. The van der Waals surface area contributed by atoms with Gasteiger partial charge in [-0.15, -0.1) is 0 Å². The lowest BCUT2D eigenvalue weighted by Crippen LogP contribution is -2.44. The van der Waals surface area contributed by atoms with Gasteiger partial charge in [-0.05, 0) is 64.8 Å². The lowest BCUT2D eigenvalue weighted by atomic mass is 9.66. The fourth-order valence-electron chi connectivity index (χ4n) is 5.97. The van der Waals surface area contributed by atoms with Gasteiger partial charge in [0.05, 0.1) is 46.8 Å². The molecule has 4 N–H and O–H groups in total. The van der Waals surface area contributed by atoms with Gasteiger partial charge >= 0.3 is 0 Å². The lowest BCUT2D eigenvalue weighted by Gasteiger charge is -2.41. The molecule has 1 fully saturated rings. The van der Waals surface area contributed by atoms with Crippen molar-refractivity contribution in [2.24, 2.45) is 11.8 Å². The fraction of sp³-hybridized carbons (Fsp3) is 0.438. The summed E-state index contributed by atoms with van der Waals surface area (Å²) in [6.45, 7) is 1.20. The van der Waals surface area contributed by atoms with E-state index in [0.29, 0.717) is 31.1 Å². The van der Waals surface area contributed by atoms with E-state index in [2.05, 4.69) is 0 Å². The van der Waals surface area contributed by atoms with Crippen molar-refractivity contribution in [3.05, 3.63) is 82.9 Å². The average Bonchev–Trinajstić information content (AvgIpc) is 2.97. The van der Waals surface area contributed by atoms with Crippen molar-refractivity contribution < 1.29 is 44.1 Å². The quantitative estimate of drug-likeness (QED) is 0.290. The van der Waals surface area contributed by atoms with Gasteiger partial charge in [0.2, 0.25) is 0 Å². The SMILES string of the molecule is COc1cc(C2c3cc(OC)c(O)cc3CC(COCc3ccccc3)C2CO[C@@H]2OC[C@@H](O)C[C@H]2O)ccc1O. The Morgan fingerprint density at radius 2 is 1.63 bits per heavy atom. The predicted molar refractivity (Wildman–Crippen MR) is 150 cm³/mol. The summed E-state index contributed by atoms with van der Waals surface area (Å²) in [5.74, 6) is 0.362. The first-order chi connectivity index (χ1) is 19.9. The zero-order valence-corrected chi connectivity index (χ0v) is 23.3. The topological polar surface area (TPSA) is 127 Å². The molecule has 1 aliphatic heterocycles. The van der Waals surface area contributed by atoms with Crippen molar-refractivity contribution in [1.82, 2.24) is 0 Å². The highest BCUT2D eigenvalue weighted by atomic mass is 16.7. The van der Waals surface area contributed by atoms with Crippen molar-refractivity contribution in [2.45, 2.75) is 43.9 Å². The van der Waals surface area contributed by atoms with E-state index >= 15 is 0 Å². The summed E-state index contributed by atoms with van der Waals surface area (Å²) in [6.07, 6.45) is -1.75. The number of hydrogen-bond donors (Lipinski definition) is 4. The molecule has 2 aliphatic rings. The molecule has 1 saturated heterocycles. The van der Waals surface area contributed by atoms with Crippen LogP contribution in [0.3, 0.4) is 0 Å². The molecule has 3 aromatic carbocycles. The number of ether oxygens (including phenoxy) is 5. The summed E-state index contributed by atoms with van der Waals surface area (Å²) in [5, 5.41) is 41.4. The van der Waals surface area contributed by atoms with Gasteiger partial charge in [-0.3, -0.25) is 0 Å². The van der Waals surface area contributed by atoms with E-state index in [1.54, 1.807) is 12.1 Å². The van der Waals surface area contributed by atoms with Crippen LogP contribution >= 0.6 is 0 Å². The van der Waals surface area contributed by atoms with E-state index in [4.69, 9.17) is 23.7 Å². The number of aliphatic hydroxyl groups is 2. The van der Waals surface area contributed by atoms with Crippen molar-refractivity contribution in [1.29, 1.82) is 0 Å². The molecular weight excluding hydrogens is 528 g/mol. The van der Waals surface area contributed by atoms with Crippen molar-refractivity contribution in [2.75, 3.05) is 34.0 Å². The van der Waals surface area contributed by atoms with Gasteiger partial charge in [0.25, 0.3) is 0 Å². The van der Waals surface area contributed by atoms with E-state index in [-0.39, 0.29) is 48.9 Å². The molecular formula is C32H38O9. The Hall–Kier alpha value is -3.34. The van der Waals surface area contributed by atoms with Crippen molar-refractivity contribution in [3.63, 3.8) is 0 Å². The maximum atomic E-state index is 10.6. The van der Waals surface area contributed by atoms with Crippen LogP contribution in [0.2, 0.25) is 0 Å². The third-order valence-corrected chi connectivity index (χ3v) is 8.03. The van der Waals surface area contributed by atoms with Gasteiger partial charge in [-0.1, -0.05) is 36.4 Å². The number of phenolic OH excluding ortho intramolecular Hbond substituents is 2. The summed E-state index contributed by atoms with van der Waals surface area (Å²) in [5.41, 5.74) is 3.87. The number of phenols is 2. The van der Waals surface area contributed by atoms with Gasteiger partial charge in [-0.25, -0.2) is 0 Å². The van der Waals surface area contributed by atoms with Crippen LogP contribution < -0.4 is 9.47 Å². The van der Waals surface area contributed by atoms with E-state index in [1.165, 1.54) is 14.2 Å². The van der Waals surface area contributed by atoms with E-state index < -0.39 is 18.5 Å². The molecule has 3 unspecified atom stereocenters. The molecule has 0 radical (unpaired) electrons. The number of fused-ring (bicyclic) bond motifs is 1. The zero-order chi connectivity index (χ0) is 28.9. The summed E-state index contributed by atoms with van der Waals surface area (Å²) in [7, 11) is 3.02. The van der Waals surface area contributed by atoms with Gasteiger partial charge in [-0.2, -0.15) is 0 Å². The van der Waals surface area contributed by atoms with Gasteiger partial charge in [0, 0.05) is 12.3 Å². The maximum absolute atomic E-state index is 10.6. The number of aromatic hydroxyl groups is 2. The van der Waals surface area contributed by atoms with Crippen LogP contribution in [0.1, 0.15) is 34.6 Å². The average molecular weight is 567 g/mol. The van der Waals surface area contributed by atoms with Crippen LogP contribution in [-0.2, 0) is 27.2 Å². The highest BCUT2D eigenvalue weighted by molar-refractivity contribution is 5.53. The minimum atomic E-state index is -0.952. The summed E-state index contributed by atoms with van der Waals surface area (Å²) in [4.78, 5) is 0. The molecule has 9 heteroatoms. The summed E-state index contributed by atoms with van der Waals surface area (Å²) in [6, 6.07) is 18.8. The first-order valence-electron chi connectivity index (χ1n) is 13.9. The molecule has 0 bridgehead atoms. The monoisotopic (exact) mass is 566 g/mol. The second kappa shape index (κ2) is 13.1. The minimum Gasteiger partial charge on any atom is -0.504 e. The fourth-order valence-corrected chi connectivity index (χ4v) is 5.97. The largest absolute Gasteiger partial charge is 0.504 e. The first kappa shape index (κ1) is 29.2.